The highest BCUT2D eigenvalue weighted by Crippen LogP contribution is 2.28. The van der Waals surface area contributed by atoms with E-state index in [0.717, 1.165) is 36.8 Å². The van der Waals surface area contributed by atoms with E-state index in [0.29, 0.717) is 0 Å². The van der Waals surface area contributed by atoms with Crippen LogP contribution in [0.1, 0.15) is 17.3 Å². The molecule has 8 nitrogen and oxygen atoms in total. The number of rotatable bonds is 4. The third-order valence-electron chi connectivity index (χ3n) is 4.13. The third-order valence-corrected chi connectivity index (χ3v) is 4.13. The standard InChI is InChI=1S/C14H17N7O/c1-22-13-9-20(8-11(13)12-5-16-19-18-12)6-10-7-21-4-2-3-15-14(21)17-10/h2-5,7,11,13H,6,8-9H2,1H3,(H,16,18,19)/t11-,13+/m0/s1. The molecule has 114 valence electrons. The average Bonchev–Trinajstić information content (AvgIpc) is 3.25. The Morgan fingerprint density at radius 3 is 3.14 bits per heavy atom. The van der Waals surface area contributed by atoms with Gasteiger partial charge in [-0.3, -0.25) is 9.30 Å². The lowest BCUT2D eigenvalue weighted by Crippen LogP contribution is -2.22. The Bertz CT molecular complexity index is 720. The van der Waals surface area contributed by atoms with Crippen molar-refractivity contribution < 1.29 is 4.74 Å². The van der Waals surface area contributed by atoms with E-state index in [1.54, 1.807) is 19.5 Å². The molecule has 0 saturated carbocycles. The van der Waals surface area contributed by atoms with Gasteiger partial charge in [0.1, 0.15) is 0 Å². The van der Waals surface area contributed by atoms with Crippen LogP contribution in [0.3, 0.4) is 0 Å². The highest BCUT2D eigenvalue weighted by Gasteiger charge is 2.35. The fourth-order valence-corrected chi connectivity index (χ4v) is 3.08. The minimum absolute atomic E-state index is 0.125. The highest BCUT2D eigenvalue weighted by atomic mass is 16.5. The number of hydrogen-bond acceptors (Lipinski definition) is 6. The van der Waals surface area contributed by atoms with Crippen molar-refractivity contribution in [2.75, 3.05) is 20.2 Å². The minimum Gasteiger partial charge on any atom is -0.379 e. The molecule has 1 aliphatic heterocycles. The summed E-state index contributed by atoms with van der Waals surface area (Å²) in [5.74, 6) is 0.965. The number of hydrogen-bond donors (Lipinski definition) is 1. The summed E-state index contributed by atoms with van der Waals surface area (Å²) < 4.78 is 7.55. The first kappa shape index (κ1) is 13.4. The molecule has 1 saturated heterocycles. The van der Waals surface area contributed by atoms with E-state index in [9.17, 15) is 0 Å². The number of nitrogens with one attached hydrogen (secondary N) is 1. The van der Waals surface area contributed by atoms with Crippen molar-refractivity contribution in [2.45, 2.75) is 18.6 Å². The Hall–Kier alpha value is -2.32. The summed E-state index contributed by atoms with van der Waals surface area (Å²) >= 11 is 0. The topological polar surface area (TPSA) is 84.2 Å². The van der Waals surface area contributed by atoms with Crippen LogP contribution in [0.2, 0.25) is 0 Å². The first-order valence-corrected chi connectivity index (χ1v) is 7.23. The maximum atomic E-state index is 5.61. The van der Waals surface area contributed by atoms with Crippen molar-refractivity contribution in [1.82, 2.24) is 34.7 Å². The molecule has 0 aromatic carbocycles. The maximum Gasteiger partial charge on any atom is 0.233 e. The monoisotopic (exact) mass is 299 g/mol. The van der Waals surface area contributed by atoms with Gasteiger partial charge in [-0.15, -0.1) is 0 Å². The molecule has 0 aliphatic carbocycles. The minimum atomic E-state index is 0.125. The van der Waals surface area contributed by atoms with Crippen molar-refractivity contribution in [1.29, 1.82) is 0 Å². The van der Waals surface area contributed by atoms with E-state index in [1.807, 2.05) is 22.9 Å². The smallest absolute Gasteiger partial charge is 0.233 e. The molecule has 2 atom stereocenters. The van der Waals surface area contributed by atoms with Gasteiger partial charge in [0.05, 0.1) is 23.7 Å². The fourth-order valence-electron chi connectivity index (χ4n) is 3.08. The van der Waals surface area contributed by atoms with E-state index < -0.39 is 0 Å². The summed E-state index contributed by atoms with van der Waals surface area (Å²) in [6.45, 7) is 2.51. The predicted octanol–water partition coefficient (Wildman–Crippen LogP) is 0.462. The average molecular weight is 299 g/mol. The predicted molar refractivity (Wildman–Crippen MR) is 78.2 cm³/mol. The fraction of sp³-hybridized carbons (Fsp3) is 0.429. The van der Waals surface area contributed by atoms with Crippen molar-refractivity contribution in [3.63, 3.8) is 0 Å². The van der Waals surface area contributed by atoms with Crippen LogP contribution in [0.4, 0.5) is 0 Å². The van der Waals surface area contributed by atoms with E-state index >= 15 is 0 Å². The Labute approximate surface area is 127 Å². The molecule has 1 N–H and O–H groups in total. The highest BCUT2D eigenvalue weighted by molar-refractivity contribution is 5.29. The number of imidazole rings is 1. The summed E-state index contributed by atoms with van der Waals surface area (Å²) in [5.41, 5.74) is 1.96. The van der Waals surface area contributed by atoms with Gasteiger partial charge in [-0.05, 0) is 6.07 Å². The second-order valence-corrected chi connectivity index (χ2v) is 5.53. The van der Waals surface area contributed by atoms with Crippen LogP contribution in [-0.4, -0.2) is 61.0 Å². The molecule has 4 heterocycles. The van der Waals surface area contributed by atoms with Crippen molar-refractivity contribution in [3.8, 4) is 0 Å². The number of nitrogens with zero attached hydrogens (tertiary/aromatic N) is 6. The van der Waals surface area contributed by atoms with Crippen LogP contribution >= 0.6 is 0 Å². The first-order valence-electron chi connectivity index (χ1n) is 7.23. The lowest BCUT2D eigenvalue weighted by Gasteiger charge is -2.13. The Balaban J connectivity index is 1.51. The number of fused-ring (bicyclic) bond motifs is 1. The van der Waals surface area contributed by atoms with Crippen molar-refractivity contribution in [2.24, 2.45) is 0 Å². The van der Waals surface area contributed by atoms with Crippen molar-refractivity contribution in [3.05, 3.63) is 42.2 Å². The normalized spacial score (nSPS) is 22.6. The van der Waals surface area contributed by atoms with Gasteiger partial charge in [0, 0.05) is 51.3 Å². The lowest BCUT2D eigenvalue weighted by molar-refractivity contribution is 0.0956. The molecular formula is C14H17N7O. The largest absolute Gasteiger partial charge is 0.379 e. The van der Waals surface area contributed by atoms with Gasteiger partial charge in [0.15, 0.2) is 0 Å². The van der Waals surface area contributed by atoms with Gasteiger partial charge in [0.25, 0.3) is 0 Å². The number of H-pyrrole nitrogens is 1. The number of aromatic nitrogens is 6. The molecule has 1 fully saturated rings. The molecule has 0 amide bonds. The van der Waals surface area contributed by atoms with E-state index in [-0.39, 0.29) is 12.0 Å². The molecule has 0 spiro atoms. The lowest BCUT2D eigenvalue weighted by atomic mass is 10.0. The van der Waals surface area contributed by atoms with Crippen LogP contribution in [0.15, 0.2) is 30.9 Å². The van der Waals surface area contributed by atoms with Crippen LogP contribution in [-0.2, 0) is 11.3 Å². The van der Waals surface area contributed by atoms with Crippen LogP contribution in [0.25, 0.3) is 5.78 Å². The van der Waals surface area contributed by atoms with Gasteiger partial charge < -0.3 is 4.74 Å². The summed E-state index contributed by atoms with van der Waals surface area (Å²) in [6, 6.07) is 1.90. The zero-order valence-electron chi connectivity index (χ0n) is 12.3. The number of ether oxygens (including phenoxy) is 1. The van der Waals surface area contributed by atoms with Gasteiger partial charge in [-0.25, -0.2) is 9.97 Å². The quantitative estimate of drug-likeness (QED) is 0.753. The second-order valence-electron chi connectivity index (χ2n) is 5.53. The molecular weight excluding hydrogens is 282 g/mol. The second kappa shape index (κ2) is 5.47. The summed E-state index contributed by atoms with van der Waals surface area (Å²) in [7, 11) is 1.75. The Morgan fingerprint density at radius 2 is 2.36 bits per heavy atom. The molecule has 3 aromatic heterocycles. The molecule has 0 radical (unpaired) electrons. The number of likely N-dealkylation sites (tertiary alicyclic amines) is 1. The summed E-state index contributed by atoms with van der Waals surface area (Å²) in [4.78, 5) is 11.1. The first-order chi connectivity index (χ1) is 10.8. The van der Waals surface area contributed by atoms with Crippen LogP contribution < -0.4 is 0 Å². The number of aromatic amines is 1. The van der Waals surface area contributed by atoms with Crippen molar-refractivity contribution >= 4 is 5.78 Å². The van der Waals surface area contributed by atoms with Gasteiger partial charge >= 0.3 is 0 Å². The van der Waals surface area contributed by atoms with Gasteiger partial charge in [0.2, 0.25) is 5.78 Å². The van der Waals surface area contributed by atoms with E-state index in [2.05, 4.69) is 30.3 Å². The van der Waals surface area contributed by atoms with E-state index in [1.165, 1.54) is 0 Å². The molecule has 8 heteroatoms. The molecule has 1 aliphatic rings. The van der Waals surface area contributed by atoms with Gasteiger partial charge in [-0.1, -0.05) is 0 Å². The van der Waals surface area contributed by atoms with Crippen LogP contribution in [0, 0.1) is 0 Å². The maximum absolute atomic E-state index is 5.61. The molecule has 22 heavy (non-hydrogen) atoms. The third kappa shape index (κ3) is 2.36. The Kier molecular flexibility index (Phi) is 3.32. The van der Waals surface area contributed by atoms with Gasteiger partial charge in [-0.2, -0.15) is 15.4 Å². The SMILES string of the molecule is CO[C@@H]1CN(Cc2cn3cccnc3n2)C[C@H]1c1cn[nH]n1. The van der Waals surface area contributed by atoms with E-state index in [4.69, 9.17) is 4.74 Å². The number of methoxy groups -OCH3 is 1. The summed E-state index contributed by atoms with van der Waals surface area (Å²) in [6.07, 6.45) is 7.63. The molecule has 0 unspecified atom stereocenters. The van der Waals surface area contributed by atoms with Crippen LogP contribution in [0.5, 0.6) is 0 Å². The Morgan fingerprint density at radius 1 is 1.41 bits per heavy atom. The molecule has 4 rings (SSSR count). The summed E-state index contributed by atoms with van der Waals surface area (Å²) in [5, 5.41) is 10.8. The zero-order chi connectivity index (χ0) is 14.9. The molecule has 3 aromatic rings. The molecule has 0 bridgehead atoms. The zero-order valence-corrected chi connectivity index (χ0v) is 12.3.